The minimum absolute atomic E-state index is 0.186. The third-order valence-corrected chi connectivity index (χ3v) is 5.44. The Labute approximate surface area is 197 Å². The van der Waals surface area contributed by atoms with Crippen molar-refractivity contribution < 1.29 is 19.1 Å². The van der Waals surface area contributed by atoms with Crippen LogP contribution in [0.3, 0.4) is 0 Å². The van der Waals surface area contributed by atoms with Crippen molar-refractivity contribution in [1.29, 1.82) is 0 Å². The highest BCUT2D eigenvalue weighted by Crippen LogP contribution is 2.38. The maximum atomic E-state index is 12.9. The number of ether oxygens (including phenoxy) is 2. The Morgan fingerprint density at radius 3 is 2.24 bits per heavy atom. The first-order valence-electron chi connectivity index (χ1n) is 10.6. The van der Waals surface area contributed by atoms with Crippen molar-refractivity contribution in [3.05, 3.63) is 89.4 Å². The van der Waals surface area contributed by atoms with Crippen LogP contribution in [0, 0.1) is 0 Å². The fourth-order valence-corrected chi connectivity index (χ4v) is 3.82. The van der Waals surface area contributed by atoms with Gasteiger partial charge in [0, 0.05) is 17.3 Å². The van der Waals surface area contributed by atoms with Gasteiger partial charge in [-0.15, -0.1) is 0 Å². The Kier molecular flexibility index (Phi) is 7.00. The number of halogens is 1. The van der Waals surface area contributed by atoms with E-state index in [1.54, 1.807) is 41.3 Å². The number of anilines is 1. The molecule has 0 saturated carbocycles. The van der Waals surface area contributed by atoms with Gasteiger partial charge in [0.15, 0.2) is 0 Å². The molecule has 2 atom stereocenters. The summed E-state index contributed by atoms with van der Waals surface area (Å²) in [5.74, 6) is 1.28. The van der Waals surface area contributed by atoms with Crippen molar-refractivity contribution in [1.82, 2.24) is 10.6 Å². The van der Waals surface area contributed by atoms with Gasteiger partial charge < -0.3 is 20.1 Å². The average molecular weight is 466 g/mol. The molecule has 1 heterocycles. The fraction of sp³-hybridized carbons (Fsp3) is 0.200. The molecular weight excluding hydrogens is 442 g/mol. The molecule has 2 N–H and O–H groups in total. The van der Waals surface area contributed by atoms with Crippen LogP contribution < -0.4 is 20.3 Å². The van der Waals surface area contributed by atoms with Crippen LogP contribution in [-0.2, 0) is 4.74 Å². The molecule has 3 amide bonds. The van der Waals surface area contributed by atoms with Gasteiger partial charge in [-0.25, -0.2) is 9.59 Å². The number of hydrogen-bond donors (Lipinski definition) is 2. The minimum atomic E-state index is -0.549. The smallest absolute Gasteiger partial charge is 0.415 e. The van der Waals surface area contributed by atoms with Crippen molar-refractivity contribution in [2.45, 2.75) is 19.1 Å². The number of carbonyl (C=O) groups is 2. The van der Waals surface area contributed by atoms with Crippen LogP contribution in [0.15, 0.2) is 78.9 Å². The van der Waals surface area contributed by atoms with E-state index in [2.05, 4.69) is 10.6 Å². The molecule has 0 aromatic heterocycles. The summed E-state index contributed by atoms with van der Waals surface area (Å²) in [6, 6.07) is 23.2. The number of amides is 3. The standard InChI is InChI=1S/C25H24ClN3O4/c1-2-27-24(30)28-16-22-23(17-6-4-3-5-7-17)29(25(31)33-22)19-10-14-21(15-11-19)32-20-12-8-18(26)9-13-20/h3-15,22-23H,2,16H2,1H3,(H2,27,28,30)/t22-,23-/m0/s1. The molecule has 170 valence electrons. The van der Waals surface area contributed by atoms with Crippen LogP contribution in [-0.4, -0.2) is 31.3 Å². The molecule has 8 heteroatoms. The van der Waals surface area contributed by atoms with E-state index in [1.807, 2.05) is 49.4 Å². The molecule has 1 saturated heterocycles. The average Bonchev–Trinajstić information content (AvgIpc) is 3.16. The van der Waals surface area contributed by atoms with Gasteiger partial charge in [0.25, 0.3) is 0 Å². The van der Waals surface area contributed by atoms with Crippen LogP contribution in [0.2, 0.25) is 5.02 Å². The predicted molar refractivity (Wildman–Crippen MR) is 127 cm³/mol. The highest BCUT2D eigenvalue weighted by molar-refractivity contribution is 6.30. The first-order chi connectivity index (χ1) is 16.0. The Morgan fingerprint density at radius 2 is 1.61 bits per heavy atom. The summed E-state index contributed by atoms with van der Waals surface area (Å²) in [5.41, 5.74) is 1.57. The largest absolute Gasteiger partial charge is 0.457 e. The van der Waals surface area contributed by atoms with Gasteiger partial charge in [0.1, 0.15) is 23.6 Å². The topological polar surface area (TPSA) is 79.9 Å². The van der Waals surface area contributed by atoms with Crippen LogP contribution in [0.1, 0.15) is 18.5 Å². The van der Waals surface area contributed by atoms with E-state index in [1.165, 1.54) is 0 Å². The number of hydrogen-bond acceptors (Lipinski definition) is 4. The second-order valence-electron chi connectivity index (χ2n) is 7.44. The van der Waals surface area contributed by atoms with Gasteiger partial charge in [-0.1, -0.05) is 41.9 Å². The maximum absolute atomic E-state index is 12.9. The Morgan fingerprint density at radius 1 is 0.970 bits per heavy atom. The fourth-order valence-electron chi connectivity index (χ4n) is 3.69. The third-order valence-electron chi connectivity index (χ3n) is 5.19. The predicted octanol–water partition coefficient (Wildman–Crippen LogP) is 5.52. The van der Waals surface area contributed by atoms with E-state index in [9.17, 15) is 9.59 Å². The van der Waals surface area contributed by atoms with Crippen molar-refractivity contribution in [2.75, 3.05) is 18.0 Å². The van der Waals surface area contributed by atoms with Crippen molar-refractivity contribution in [2.24, 2.45) is 0 Å². The van der Waals surface area contributed by atoms with E-state index in [-0.39, 0.29) is 12.6 Å². The normalized spacial score (nSPS) is 17.4. The highest BCUT2D eigenvalue weighted by atomic mass is 35.5. The summed E-state index contributed by atoms with van der Waals surface area (Å²) in [7, 11) is 0. The molecule has 3 aromatic rings. The molecule has 0 radical (unpaired) electrons. The Bertz CT molecular complexity index is 1090. The summed E-state index contributed by atoms with van der Waals surface area (Å²) in [4.78, 5) is 26.4. The zero-order valence-corrected chi connectivity index (χ0v) is 18.8. The third kappa shape index (κ3) is 5.38. The van der Waals surface area contributed by atoms with E-state index in [0.29, 0.717) is 28.8 Å². The number of urea groups is 1. The molecule has 0 aliphatic carbocycles. The molecule has 0 unspecified atom stereocenters. The second-order valence-corrected chi connectivity index (χ2v) is 7.87. The first-order valence-corrected chi connectivity index (χ1v) is 11.0. The van der Waals surface area contributed by atoms with Crippen LogP contribution in [0.5, 0.6) is 11.5 Å². The monoisotopic (exact) mass is 465 g/mol. The van der Waals surface area contributed by atoms with Gasteiger partial charge >= 0.3 is 12.1 Å². The molecule has 4 rings (SSSR count). The first kappa shape index (κ1) is 22.5. The van der Waals surface area contributed by atoms with Crippen molar-refractivity contribution in [3.63, 3.8) is 0 Å². The summed E-state index contributed by atoms with van der Waals surface area (Å²) in [6.07, 6.45) is -1.02. The number of nitrogens with one attached hydrogen (secondary N) is 2. The molecule has 33 heavy (non-hydrogen) atoms. The lowest BCUT2D eigenvalue weighted by Crippen LogP contribution is -2.41. The summed E-state index contributed by atoms with van der Waals surface area (Å²) >= 11 is 5.92. The quantitative estimate of drug-likeness (QED) is 0.481. The molecule has 1 aliphatic heterocycles. The summed E-state index contributed by atoms with van der Waals surface area (Å²) < 4.78 is 11.5. The molecule has 0 spiro atoms. The number of cyclic esters (lactones) is 1. The second kappa shape index (κ2) is 10.3. The zero-order valence-electron chi connectivity index (χ0n) is 18.0. The van der Waals surface area contributed by atoms with Gasteiger partial charge in [-0.2, -0.15) is 0 Å². The van der Waals surface area contributed by atoms with Gasteiger partial charge in [0.05, 0.1) is 6.54 Å². The SMILES string of the molecule is CCNC(=O)NC[C@@H]1OC(=O)N(c2ccc(Oc3ccc(Cl)cc3)cc2)[C@H]1c1ccccc1. The van der Waals surface area contributed by atoms with Crippen molar-refractivity contribution >= 4 is 29.4 Å². The van der Waals surface area contributed by atoms with E-state index in [0.717, 1.165) is 5.56 Å². The minimum Gasteiger partial charge on any atom is -0.457 e. The number of rotatable bonds is 7. The Balaban J connectivity index is 1.55. The highest BCUT2D eigenvalue weighted by Gasteiger charge is 2.43. The lowest BCUT2D eigenvalue weighted by atomic mass is 10.00. The Hall–Kier alpha value is -3.71. The number of carbonyl (C=O) groups excluding carboxylic acids is 2. The molecule has 0 bridgehead atoms. The van der Waals surface area contributed by atoms with E-state index < -0.39 is 18.2 Å². The van der Waals surface area contributed by atoms with Crippen LogP contribution >= 0.6 is 11.6 Å². The van der Waals surface area contributed by atoms with Crippen molar-refractivity contribution in [3.8, 4) is 11.5 Å². The van der Waals surface area contributed by atoms with Crippen LogP contribution in [0.4, 0.5) is 15.3 Å². The molecule has 1 fully saturated rings. The molecular formula is C25H24ClN3O4. The van der Waals surface area contributed by atoms with Gasteiger partial charge in [0.2, 0.25) is 0 Å². The van der Waals surface area contributed by atoms with Gasteiger partial charge in [-0.05, 0) is 61.0 Å². The maximum Gasteiger partial charge on any atom is 0.415 e. The molecule has 1 aliphatic rings. The number of benzene rings is 3. The summed E-state index contributed by atoms with van der Waals surface area (Å²) in [5, 5.41) is 6.09. The number of nitrogens with zero attached hydrogens (tertiary/aromatic N) is 1. The lowest BCUT2D eigenvalue weighted by Gasteiger charge is -2.25. The van der Waals surface area contributed by atoms with Gasteiger partial charge in [-0.3, -0.25) is 4.90 Å². The lowest BCUT2D eigenvalue weighted by molar-refractivity contribution is 0.131. The van der Waals surface area contributed by atoms with Crippen LogP contribution in [0.25, 0.3) is 0 Å². The van der Waals surface area contributed by atoms with E-state index >= 15 is 0 Å². The molecule has 7 nitrogen and oxygen atoms in total. The summed E-state index contributed by atoms with van der Waals surface area (Å²) in [6.45, 7) is 2.53. The van der Waals surface area contributed by atoms with E-state index in [4.69, 9.17) is 21.1 Å². The molecule has 3 aromatic carbocycles. The zero-order chi connectivity index (χ0) is 23.2.